The van der Waals surface area contributed by atoms with Crippen molar-refractivity contribution >= 4 is 35.0 Å². The zero-order valence-corrected chi connectivity index (χ0v) is 18.2. The Balaban J connectivity index is 1.41. The molecule has 1 aromatic heterocycles. The van der Waals surface area contributed by atoms with Crippen molar-refractivity contribution in [2.24, 2.45) is 0 Å². The smallest absolute Gasteiger partial charge is 0.187 e. The summed E-state index contributed by atoms with van der Waals surface area (Å²) in [5.41, 5.74) is 1.21. The minimum Gasteiger partial charge on any atom is -0.345 e. The van der Waals surface area contributed by atoms with E-state index < -0.39 is 5.79 Å². The molecule has 152 valence electrons. The number of nitrogens with zero attached hydrogens (tertiary/aromatic N) is 2. The molecular formula is C22H22Cl2N2O2S. The summed E-state index contributed by atoms with van der Waals surface area (Å²) >= 11 is 14.0. The molecule has 2 aromatic carbocycles. The number of thioether (sulfide) groups is 1. The number of aromatic nitrogens is 2. The van der Waals surface area contributed by atoms with Crippen molar-refractivity contribution in [2.45, 2.75) is 36.2 Å². The first-order chi connectivity index (χ1) is 14.1. The van der Waals surface area contributed by atoms with Gasteiger partial charge in [0.15, 0.2) is 5.79 Å². The molecule has 0 bridgehead atoms. The van der Waals surface area contributed by atoms with Crippen LogP contribution in [0.4, 0.5) is 0 Å². The van der Waals surface area contributed by atoms with Crippen LogP contribution in [0.25, 0.3) is 0 Å². The highest BCUT2D eigenvalue weighted by Crippen LogP contribution is 2.34. The molecule has 1 aliphatic rings. The monoisotopic (exact) mass is 448 g/mol. The summed E-state index contributed by atoms with van der Waals surface area (Å²) in [5, 5.41) is 1.51. The van der Waals surface area contributed by atoms with Crippen LogP contribution in [0.1, 0.15) is 12.0 Å². The van der Waals surface area contributed by atoms with Crippen LogP contribution in [-0.2, 0) is 22.4 Å². The van der Waals surface area contributed by atoms with Gasteiger partial charge in [0, 0.05) is 34.5 Å². The third-order valence-electron chi connectivity index (χ3n) is 4.87. The fourth-order valence-corrected chi connectivity index (χ4v) is 4.72. The van der Waals surface area contributed by atoms with Crippen LogP contribution >= 0.6 is 35.0 Å². The van der Waals surface area contributed by atoms with Gasteiger partial charge in [0.2, 0.25) is 0 Å². The maximum atomic E-state index is 6.47. The molecule has 1 saturated heterocycles. The zero-order chi connectivity index (χ0) is 20.1. The van der Waals surface area contributed by atoms with E-state index in [0.717, 1.165) is 33.5 Å². The van der Waals surface area contributed by atoms with Crippen molar-refractivity contribution in [3.8, 4) is 0 Å². The first-order valence-corrected chi connectivity index (χ1v) is 11.3. The highest BCUT2D eigenvalue weighted by Gasteiger charge is 2.41. The molecule has 2 atom stereocenters. The Morgan fingerprint density at radius 1 is 1.14 bits per heavy atom. The highest BCUT2D eigenvalue weighted by molar-refractivity contribution is 7.99. The lowest BCUT2D eigenvalue weighted by atomic mass is 10.0. The molecule has 2 heterocycles. The second kappa shape index (κ2) is 9.54. The van der Waals surface area contributed by atoms with Gasteiger partial charge in [-0.3, -0.25) is 0 Å². The molecule has 7 heteroatoms. The first kappa shape index (κ1) is 20.8. The number of imidazole rings is 1. The highest BCUT2D eigenvalue weighted by atomic mass is 35.5. The molecule has 0 radical (unpaired) electrons. The normalized spacial score (nSPS) is 21.5. The number of ether oxygens (including phenoxy) is 2. The van der Waals surface area contributed by atoms with E-state index in [1.165, 1.54) is 5.56 Å². The van der Waals surface area contributed by atoms with Gasteiger partial charge in [-0.05, 0) is 36.2 Å². The Hall–Kier alpha value is -1.50. The Bertz CT molecular complexity index is 921. The average molecular weight is 449 g/mol. The Kier molecular flexibility index (Phi) is 6.83. The standard InChI is InChI=1S/C22H22Cl2N2O2S/c23-18-7-5-17(6-8-18)9-10-22(15-26-12-11-25-16-26)27-13-19(28-22)14-29-21-4-2-1-3-20(21)24/h1-8,11-12,16,19H,9-10,13-15H2. The minimum absolute atomic E-state index is 0.00464. The summed E-state index contributed by atoms with van der Waals surface area (Å²) in [5.74, 6) is 0.113. The maximum absolute atomic E-state index is 6.47. The van der Waals surface area contributed by atoms with Gasteiger partial charge >= 0.3 is 0 Å². The summed E-state index contributed by atoms with van der Waals surface area (Å²) in [6.45, 7) is 1.17. The molecular weight excluding hydrogens is 427 g/mol. The number of hydrogen-bond donors (Lipinski definition) is 0. The van der Waals surface area contributed by atoms with Gasteiger partial charge in [-0.15, -0.1) is 11.8 Å². The fourth-order valence-electron chi connectivity index (χ4n) is 3.38. The van der Waals surface area contributed by atoms with E-state index in [4.69, 9.17) is 32.7 Å². The molecule has 29 heavy (non-hydrogen) atoms. The summed E-state index contributed by atoms with van der Waals surface area (Å²) in [4.78, 5) is 5.21. The minimum atomic E-state index is -0.675. The molecule has 0 aliphatic carbocycles. The second-order valence-corrected chi connectivity index (χ2v) is 8.97. The van der Waals surface area contributed by atoms with E-state index in [1.54, 1.807) is 24.3 Å². The van der Waals surface area contributed by atoms with E-state index in [2.05, 4.69) is 4.98 Å². The molecule has 0 saturated carbocycles. The van der Waals surface area contributed by atoms with Crippen LogP contribution in [0.15, 0.2) is 72.1 Å². The van der Waals surface area contributed by atoms with Crippen molar-refractivity contribution in [1.82, 2.24) is 9.55 Å². The fraction of sp³-hybridized carbons (Fsp3) is 0.318. The average Bonchev–Trinajstić information content (AvgIpc) is 3.38. The van der Waals surface area contributed by atoms with E-state index in [1.807, 2.05) is 59.3 Å². The molecule has 2 unspecified atom stereocenters. The van der Waals surface area contributed by atoms with E-state index in [9.17, 15) is 0 Å². The maximum Gasteiger partial charge on any atom is 0.187 e. The molecule has 3 aromatic rings. The van der Waals surface area contributed by atoms with E-state index in [0.29, 0.717) is 13.2 Å². The number of benzene rings is 2. The van der Waals surface area contributed by atoms with Crippen molar-refractivity contribution < 1.29 is 9.47 Å². The summed E-state index contributed by atoms with van der Waals surface area (Å²) < 4.78 is 14.7. The molecule has 0 N–H and O–H groups in total. The quantitative estimate of drug-likeness (QED) is 0.412. The molecule has 0 spiro atoms. The van der Waals surface area contributed by atoms with E-state index >= 15 is 0 Å². The van der Waals surface area contributed by atoms with Crippen LogP contribution in [-0.4, -0.2) is 33.8 Å². The van der Waals surface area contributed by atoms with Crippen LogP contribution in [0, 0.1) is 0 Å². The molecule has 1 aliphatic heterocycles. The summed E-state index contributed by atoms with van der Waals surface area (Å²) in [6.07, 6.45) is 7.10. The van der Waals surface area contributed by atoms with E-state index in [-0.39, 0.29) is 6.10 Å². The molecule has 4 rings (SSSR count). The lowest BCUT2D eigenvalue weighted by Gasteiger charge is -2.28. The Morgan fingerprint density at radius 3 is 2.72 bits per heavy atom. The zero-order valence-electron chi connectivity index (χ0n) is 15.8. The van der Waals surface area contributed by atoms with Crippen molar-refractivity contribution in [3.63, 3.8) is 0 Å². The van der Waals surface area contributed by atoms with Crippen LogP contribution in [0.5, 0.6) is 0 Å². The van der Waals surface area contributed by atoms with Crippen LogP contribution in [0.3, 0.4) is 0 Å². The number of halogens is 2. The molecule has 1 fully saturated rings. The van der Waals surface area contributed by atoms with Gasteiger partial charge in [0.25, 0.3) is 0 Å². The largest absolute Gasteiger partial charge is 0.345 e. The van der Waals surface area contributed by atoms with Crippen molar-refractivity contribution in [3.05, 3.63) is 82.9 Å². The Labute approximate surface area is 185 Å². The molecule has 0 amide bonds. The van der Waals surface area contributed by atoms with Gasteiger partial charge in [-0.2, -0.15) is 0 Å². The van der Waals surface area contributed by atoms with Crippen LogP contribution < -0.4 is 0 Å². The van der Waals surface area contributed by atoms with Gasteiger partial charge in [-0.25, -0.2) is 4.98 Å². The van der Waals surface area contributed by atoms with Crippen molar-refractivity contribution in [2.75, 3.05) is 12.4 Å². The lowest BCUT2D eigenvalue weighted by molar-refractivity contribution is -0.180. The predicted molar refractivity (Wildman–Crippen MR) is 118 cm³/mol. The van der Waals surface area contributed by atoms with Crippen LogP contribution in [0.2, 0.25) is 10.0 Å². The van der Waals surface area contributed by atoms with Gasteiger partial charge in [0.1, 0.15) is 0 Å². The summed E-state index contributed by atoms with van der Waals surface area (Å²) in [7, 11) is 0. The van der Waals surface area contributed by atoms with Crippen molar-refractivity contribution in [1.29, 1.82) is 0 Å². The number of aryl methyl sites for hydroxylation is 1. The second-order valence-electron chi connectivity index (χ2n) is 7.06. The third-order valence-corrected chi connectivity index (χ3v) is 6.76. The number of hydrogen-bond acceptors (Lipinski definition) is 4. The first-order valence-electron chi connectivity index (χ1n) is 9.51. The van der Waals surface area contributed by atoms with Gasteiger partial charge < -0.3 is 14.0 Å². The lowest BCUT2D eigenvalue weighted by Crippen LogP contribution is -2.37. The third kappa shape index (κ3) is 5.56. The topological polar surface area (TPSA) is 36.3 Å². The number of rotatable bonds is 8. The van der Waals surface area contributed by atoms with Gasteiger partial charge in [-0.1, -0.05) is 47.5 Å². The molecule has 4 nitrogen and oxygen atoms in total. The SMILES string of the molecule is Clc1ccc(CCC2(Cn3ccnc3)OCC(CSc3ccccc3Cl)O2)cc1. The predicted octanol–water partition coefficient (Wildman–Crippen LogP) is 5.73. The van der Waals surface area contributed by atoms with Gasteiger partial charge in [0.05, 0.1) is 30.6 Å². The summed E-state index contributed by atoms with van der Waals surface area (Å²) in [6, 6.07) is 15.8. The Morgan fingerprint density at radius 2 is 1.97 bits per heavy atom.